The Labute approximate surface area is 102 Å². The van der Waals surface area contributed by atoms with Crippen molar-refractivity contribution in [2.45, 2.75) is 26.7 Å². The number of hydrogen-bond acceptors (Lipinski definition) is 1. The van der Waals surface area contributed by atoms with E-state index in [2.05, 4.69) is 26.0 Å². The number of fused-ring (bicyclic) bond motifs is 1. The van der Waals surface area contributed by atoms with Crippen molar-refractivity contribution in [2.24, 2.45) is 5.92 Å². The smallest absolute Gasteiger partial charge is 0.186 e. The molecule has 0 saturated carbocycles. The van der Waals surface area contributed by atoms with Gasteiger partial charge in [-0.05, 0) is 34.9 Å². The van der Waals surface area contributed by atoms with Crippen molar-refractivity contribution in [1.29, 1.82) is 0 Å². The second kappa shape index (κ2) is 5.13. The van der Waals surface area contributed by atoms with Crippen molar-refractivity contribution in [3.63, 3.8) is 0 Å². The Morgan fingerprint density at radius 2 is 1.82 bits per heavy atom. The number of rotatable bonds is 3. The first-order chi connectivity index (χ1) is 8.20. The Balaban J connectivity index is 2.40. The molecule has 1 heteroatoms. The van der Waals surface area contributed by atoms with Crippen molar-refractivity contribution >= 4 is 17.9 Å². The Hall–Kier alpha value is -1.63. The summed E-state index contributed by atoms with van der Waals surface area (Å²) < 4.78 is 0. The molecule has 1 atom stereocenters. The van der Waals surface area contributed by atoms with E-state index in [0.717, 1.165) is 28.9 Å². The molecule has 1 nitrogen and oxygen atoms in total. The van der Waals surface area contributed by atoms with Gasteiger partial charge in [-0.25, -0.2) is 0 Å². The van der Waals surface area contributed by atoms with Crippen LogP contribution in [0, 0.1) is 5.92 Å². The Morgan fingerprint density at radius 1 is 1.18 bits per heavy atom. The molecule has 1 aliphatic rings. The van der Waals surface area contributed by atoms with Crippen LogP contribution in [0.2, 0.25) is 0 Å². The van der Waals surface area contributed by atoms with Gasteiger partial charge in [0.25, 0.3) is 0 Å². The van der Waals surface area contributed by atoms with E-state index in [1.54, 1.807) is 6.08 Å². The molecular weight excluding hydrogens is 208 g/mol. The van der Waals surface area contributed by atoms with Gasteiger partial charge in [0.05, 0.1) is 0 Å². The van der Waals surface area contributed by atoms with Crippen molar-refractivity contribution in [3.8, 4) is 0 Å². The quantitative estimate of drug-likeness (QED) is 0.722. The molecule has 0 N–H and O–H groups in total. The minimum absolute atomic E-state index is 0.131. The average molecular weight is 226 g/mol. The highest BCUT2D eigenvalue weighted by atomic mass is 16.1. The lowest BCUT2D eigenvalue weighted by atomic mass is 9.96. The van der Waals surface area contributed by atoms with Crippen LogP contribution in [0.5, 0.6) is 0 Å². The molecule has 0 amide bonds. The summed E-state index contributed by atoms with van der Waals surface area (Å²) in [5.41, 5.74) is 0.838. The maximum Gasteiger partial charge on any atom is 0.186 e. The standard InChI is InChI=1S/C16H18O/c1-3-6-12(2)9-15-10-13-7-4-5-8-14(13)11-16(15)17/h4-5,7-12H,3,6H2,1-2H3/b15-9+. The molecule has 0 aromatic heterocycles. The summed E-state index contributed by atoms with van der Waals surface area (Å²) in [4.78, 5) is 11.9. The summed E-state index contributed by atoms with van der Waals surface area (Å²) in [6.07, 6.45) is 8.12. The lowest BCUT2D eigenvalue weighted by Crippen LogP contribution is -2.29. The van der Waals surface area contributed by atoms with E-state index < -0.39 is 0 Å². The van der Waals surface area contributed by atoms with Crippen molar-refractivity contribution < 1.29 is 4.79 Å². The van der Waals surface area contributed by atoms with E-state index in [4.69, 9.17) is 0 Å². The van der Waals surface area contributed by atoms with Crippen LogP contribution in [0.4, 0.5) is 0 Å². The average Bonchev–Trinajstić information content (AvgIpc) is 2.30. The van der Waals surface area contributed by atoms with Gasteiger partial charge in [0.15, 0.2) is 5.78 Å². The molecule has 0 saturated heterocycles. The molecule has 0 heterocycles. The zero-order chi connectivity index (χ0) is 12.3. The lowest BCUT2D eigenvalue weighted by molar-refractivity contribution is -0.109. The van der Waals surface area contributed by atoms with Crippen molar-refractivity contribution in [2.75, 3.05) is 0 Å². The number of carbonyl (C=O) groups is 1. The highest BCUT2D eigenvalue weighted by Crippen LogP contribution is 2.12. The highest BCUT2D eigenvalue weighted by Gasteiger charge is 2.09. The Kier molecular flexibility index (Phi) is 3.58. The monoisotopic (exact) mass is 226 g/mol. The first-order valence-corrected chi connectivity index (χ1v) is 6.25. The van der Waals surface area contributed by atoms with Gasteiger partial charge in [-0.2, -0.15) is 0 Å². The SMILES string of the molecule is CCCC(C)/C=C1\C=c2ccccc2=CC1=O. The van der Waals surface area contributed by atoms with Crippen LogP contribution >= 0.6 is 0 Å². The minimum Gasteiger partial charge on any atom is -0.289 e. The van der Waals surface area contributed by atoms with E-state index in [0.29, 0.717) is 5.92 Å². The van der Waals surface area contributed by atoms with Crippen LogP contribution in [0.3, 0.4) is 0 Å². The highest BCUT2D eigenvalue weighted by molar-refractivity contribution is 6.22. The van der Waals surface area contributed by atoms with E-state index in [-0.39, 0.29) is 5.78 Å². The van der Waals surface area contributed by atoms with Crippen LogP contribution in [0.25, 0.3) is 12.2 Å². The molecule has 0 radical (unpaired) electrons. The fourth-order valence-electron chi connectivity index (χ4n) is 2.21. The molecule has 2 rings (SSSR count). The van der Waals surface area contributed by atoms with Gasteiger partial charge in [0.1, 0.15) is 0 Å². The van der Waals surface area contributed by atoms with Crippen LogP contribution in [-0.2, 0) is 4.79 Å². The predicted octanol–water partition coefficient (Wildman–Crippen LogP) is 2.19. The number of ketones is 1. The van der Waals surface area contributed by atoms with Crippen LogP contribution in [0.1, 0.15) is 26.7 Å². The van der Waals surface area contributed by atoms with Crippen LogP contribution in [0.15, 0.2) is 35.9 Å². The predicted molar refractivity (Wildman–Crippen MR) is 71.8 cm³/mol. The van der Waals surface area contributed by atoms with E-state index in [1.807, 2.05) is 24.3 Å². The fraction of sp³-hybridized carbons (Fsp3) is 0.312. The van der Waals surface area contributed by atoms with E-state index >= 15 is 0 Å². The van der Waals surface area contributed by atoms with Gasteiger partial charge in [0, 0.05) is 5.57 Å². The molecule has 1 unspecified atom stereocenters. The molecule has 1 aromatic carbocycles. The molecule has 0 fully saturated rings. The minimum atomic E-state index is 0.131. The molecule has 0 bridgehead atoms. The molecular formula is C16H18O. The van der Waals surface area contributed by atoms with Gasteiger partial charge >= 0.3 is 0 Å². The Morgan fingerprint density at radius 3 is 2.47 bits per heavy atom. The summed E-state index contributed by atoms with van der Waals surface area (Å²) in [6, 6.07) is 8.00. The second-order valence-electron chi connectivity index (χ2n) is 4.67. The molecule has 1 aliphatic carbocycles. The summed E-state index contributed by atoms with van der Waals surface area (Å²) in [7, 11) is 0. The lowest BCUT2D eigenvalue weighted by Gasteiger charge is -2.08. The van der Waals surface area contributed by atoms with Gasteiger partial charge in [-0.1, -0.05) is 50.6 Å². The third-order valence-electron chi connectivity index (χ3n) is 3.09. The zero-order valence-corrected chi connectivity index (χ0v) is 10.4. The summed E-state index contributed by atoms with van der Waals surface area (Å²) >= 11 is 0. The van der Waals surface area contributed by atoms with Crippen molar-refractivity contribution in [3.05, 3.63) is 46.4 Å². The van der Waals surface area contributed by atoms with Crippen molar-refractivity contribution in [1.82, 2.24) is 0 Å². The Bertz CT molecular complexity index is 563. The summed E-state index contributed by atoms with van der Waals surface area (Å²) in [6.45, 7) is 4.33. The molecule has 0 spiro atoms. The third kappa shape index (κ3) is 2.73. The maximum atomic E-state index is 11.9. The molecule has 0 aliphatic heterocycles. The molecule has 1 aromatic rings. The maximum absolute atomic E-state index is 11.9. The third-order valence-corrected chi connectivity index (χ3v) is 3.09. The summed E-state index contributed by atoms with van der Waals surface area (Å²) in [5.74, 6) is 0.598. The van der Waals surface area contributed by atoms with E-state index in [1.165, 1.54) is 0 Å². The van der Waals surface area contributed by atoms with Gasteiger partial charge in [-0.15, -0.1) is 0 Å². The fourth-order valence-corrected chi connectivity index (χ4v) is 2.21. The number of carbonyl (C=O) groups excluding carboxylic acids is 1. The number of benzene rings is 1. The summed E-state index contributed by atoms with van der Waals surface area (Å²) in [5, 5.41) is 2.17. The zero-order valence-electron chi connectivity index (χ0n) is 10.4. The topological polar surface area (TPSA) is 17.1 Å². The van der Waals surface area contributed by atoms with Crippen LogP contribution in [-0.4, -0.2) is 5.78 Å². The van der Waals surface area contributed by atoms with Gasteiger partial charge in [-0.3, -0.25) is 4.79 Å². The second-order valence-corrected chi connectivity index (χ2v) is 4.67. The number of hydrogen-bond donors (Lipinski definition) is 0. The van der Waals surface area contributed by atoms with Gasteiger partial charge < -0.3 is 0 Å². The normalized spacial score (nSPS) is 18.2. The molecule has 17 heavy (non-hydrogen) atoms. The number of allylic oxidation sites excluding steroid dienone is 2. The first-order valence-electron chi connectivity index (χ1n) is 6.25. The van der Waals surface area contributed by atoms with Gasteiger partial charge in [0.2, 0.25) is 0 Å². The number of Topliss-reactive ketones (excluding diaryl/α,β-unsaturated/α-hetero) is 1. The molecule has 88 valence electrons. The largest absolute Gasteiger partial charge is 0.289 e. The van der Waals surface area contributed by atoms with E-state index in [9.17, 15) is 4.79 Å². The first kappa shape index (κ1) is 11.8. The van der Waals surface area contributed by atoms with Crippen LogP contribution < -0.4 is 10.4 Å².